The first kappa shape index (κ1) is 65.0. The third kappa shape index (κ3) is 14.2. The predicted octanol–water partition coefficient (Wildman–Crippen LogP) is 7.94. The summed E-state index contributed by atoms with van der Waals surface area (Å²) in [4.78, 5) is 102. The summed E-state index contributed by atoms with van der Waals surface area (Å²) in [6.45, 7) is 4.55. The fourth-order valence-electron chi connectivity index (χ4n) is 12.7. The van der Waals surface area contributed by atoms with Crippen molar-refractivity contribution in [3.63, 3.8) is 0 Å². The number of esters is 3. The molecule has 0 bridgehead atoms. The molecule has 0 saturated carbocycles. The van der Waals surface area contributed by atoms with E-state index >= 15 is 9.59 Å². The van der Waals surface area contributed by atoms with Gasteiger partial charge in [-0.2, -0.15) is 0 Å². The van der Waals surface area contributed by atoms with Crippen LogP contribution in [-0.4, -0.2) is 168 Å². The molecule has 0 aromatic heterocycles. The maximum absolute atomic E-state index is 15.4. The van der Waals surface area contributed by atoms with Crippen LogP contribution in [0.25, 0.3) is 0 Å². The molecular weight excluding hydrogens is 1220 g/mol. The Morgan fingerprint density at radius 3 is 1.41 bits per heavy atom. The highest BCUT2D eigenvalue weighted by Crippen LogP contribution is 2.44. The second-order valence-corrected chi connectivity index (χ2v) is 24.3. The van der Waals surface area contributed by atoms with E-state index in [-0.39, 0.29) is 55.3 Å². The van der Waals surface area contributed by atoms with Crippen molar-refractivity contribution < 1.29 is 95.1 Å². The number of hydrogen-bond acceptors (Lipinski definition) is 21. The minimum Gasteiger partial charge on any atom is -0.463 e. The van der Waals surface area contributed by atoms with Gasteiger partial charge >= 0.3 is 17.9 Å². The Kier molecular flexibility index (Phi) is 20.6. The fourth-order valence-corrected chi connectivity index (χ4v) is 13.6. The normalized spacial score (nSPS) is 29.1. The summed E-state index contributed by atoms with van der Waals surface area (Å²) in [5, 5.41) is 0. The SMILES string of the molecule is CCS[C@@H]1O[C@H](CO[C@@H]2O[C@@H]3CO[C@@H](c4ccccc4)O[C@H]3[C@H](O[C@@H]3O[C@H](COC(C)=O)[C@@H](OC(C)=O)[C@H](OC(C)=O)[C@H]3N3C(=O)c4ccccc4C3=O)[C@H]2N2C(=O)c3ccccc3C2=O)[C@@H](OCc2ccccc2)[C@H](OCc2ccccc2)[C@H]1OCc1ccccc1. The van der Waals surface area contributed by atoms with Crippen LogP contribution in [0.4, 0.5) is 0 Å². The van der Waals surface area contributed by atoms with Crippen molar-refractivity contribution in [2.45, 2.75) is 145 Å². The van der Waals surface area contributed by atoms with Gasteiger partial charge in [-0.05, 0) is 46.7 Å². The van der Waals surface area contributed by atoms with E-state index in [9.17, 15) is 24.0 Å². The first-order valence-corrected chi connectivity index (χ1v) is 31.8. The number of hydrogen-bond donors (Lipinski definition) is 0. The molecule has 6 aliphatic rings. The monoisotopic (exact) mass is 1290 g/mol. The van der Waals surface area contributed by atoms with Crippen LogP contribution < -0.4 is 0 Å². The van der Waals surface area contributed by atoms with Crippen LogP contribution in [0.15, 0.2) is 170 Å². The van der Waals surface area contributed by atoms with E-state index in [0.717, 1.165) is 47.3 Å². The molecule has 0 aliphatic carbocycles. The van der Waals surface area contributed by atoms with E-state index in [1.54, 1.807) is 48.5 Å². The van der Waals surface area contributed by atoms with Crippen molar-refractivity contribution >= 4 is 53.3 Å². The third-order valence-corrected chi connectivity index (χ3v) is 17.8. The minimum atomic E-state index is -1.98. The standard InChI is InChI=1S/C70H70N2O20S/c1-5-93-70-62(83-36-45-26-14-8-15-27-45)61(82-35-44-24-12-7-13-25-44)56(81-34-43-22-10-6-11-23-43)51(90-70)38-85-68-54(71-63(76)47-30-18-19-31-48(47)64(71)77)60(58-53(88-68)39-84-67(91-58)46-28-16-9-17-29-46)92-69-55(72-65(78)49-32-20-21-33-50(49)66(72)79)59(87-42(4)75)57(86-41(3)74)52(89-69)37-80-40(2)73/h6-33,51-62,67-70H,5,34-39H2,1-4H3/t51-,52-,53-,54-,55-,56-,57-,58-,59-,60-,61+,62-,67-,68-,69+,70+/m1/s1. The van der Waals surface area contributed by atoms with Crippen molar-refractivity contribution in [1.82, 2.24) is 9.80 Å². The Labute approximate surface area is 540 Å². The molecule has 93 heavy (non-hydrogen) atoms. The molecule has 22 nitrogen and oxygen atoms in total. The molecule has 16 atom stereocenters. The molecule has 6 aromatic rings. The zero-order chi connectivity index (χ0) is 64.7. The Hall–Kier alpha value is -8.04. The molecule has 12 rings (SSSR count). The van der Waals surface area contributed by atoms with Gasteiger partial charge < -0.3 is 61.6 Å². The molecule has 0 unspecified atom stereocenters. The Bertz CT molecular complexity index is 3560. The highest BCUT2D eigenvalue weighted by atomic mass is 32.2. The number of thioether (sulfide) groups is 1. The zero-order valence-corrected chi connectivity index (χ0v) is 52.1. The fraction of sp³-hybridized carbons (Fsp3) is 0.386. The van der Waals surface area contributed by atoms with Gasteiger partial charge in [0.25, 0.3) is 23.6 Å². The van der Waals surface area contributed by atoms with E-state index in [0.29, 0.717) is 11.3 Å². The van der Waals surface area contributed by atoms with Crippen LogP contribution in [-0.2, 0) is 95.8 Å². The van der Waals surface area contributed by atoms with Gasteiger partial charge in [-0.3, -0.25) is 43.4 Å². The summed E-state index contributed by atoms with van der Waals surface area (Å²) in [5.74, 6) is -5.29. The smallest absolute Gasteiger partial charge is 0.303 e. The summed E-state index contributed by atoms with van der Waals surface area (Å²) in [7, 11) is 0. The zero-order valence-electron chi connectivity index (χ0n) is 51.3. The molecule has 6 aromatic carbocycles. The molecule has 4 amide bonds. The number of imide groups is 2. The first-order chi connectivity index (χ1) is 45.2. The molecular formula is C70H70N2O20S. The average Bonchev–Trinajstić information content (AvgIpc) is 1.71. The van der Waals surface area contributed by atoms with Crippen LogP contribution in [0, 0.1) is 0 Å². The van der Waals surface area contributed by atoms with Crippen molar-refractivity contribution in [3.05, 3.63) is 214 Å². The van der Waals surface area contributed by atoms with Gasteiger partial charge in [0.1, 0.15) is 73.0 Å². The van der Waals surface area contributed by atoms with Crippen molar-refractivity contribution in [1.29, 1.82) is 0 Å². The molecule has 486 valence electrons. The van der Waals surface area contributed by atoms with Crippen molar-refractivity contribution in [3.8, 4) is 0 Å². The van der Waals surface area contributed by atoms with Crippen LogP contribution in [0.5, 0.6) is 0 Å². The Morgan fingerprint density at radius 1 is 0.462 bits per heavy atom. The number of fused-ring (bicyclic) bond motifs is 3. The van der Waals surface area contributed by atoms with Gasteiger partial charge in [-0.15, -0.1) is 11.8 Å². The van der Waals surface area contributed by atoms with E-state index in [1.807, 2.05) is 104 Å². The van der Waals surface area contributed by atoms with Gasteiger partial charge in [0.2, 0.25) is 0 Å². The van der Waals surface area contributed by atoms with Gasteiger partial charge in [-0.25, -0.2) is 0 Å². The van der Waals surface area contributed by atoms with E-state index < -0.39 is 146 Å². The lowest BCUT2D eigenvalue weighted by Crippen LogP contribution is -2.72. The Morgan fingerprint density at radius 2 is 0.914 bits per heavy atom. The van der Waals surface area contributed by atoms with E-state index in [2.05, 4.69) is 0 Å². The van der Waals surface area contributed by atoms with Gasteiger partial charge in [0, 0.05) is 26.3 Å². The van der Waals surface area contributed by atoms with E-state index in [1.165, 1.54) is 36.0 Å². The van der Waals surface area contributed by atoms with Crippen LogP contribution >= 0.6 is 11.8 Å². The number of nitrogens with zero attached hydrogens (tertiary/aromatic N) is 2. The van der Waals surface area contributed by atoms with E-state index in [4.69, 9.17) is 61.6 Å². The Balaban J connectivity index is 0.982. The second-order valence-electron chi connectivity index (χ2n) is 23.0. The quantitative estimate of drug-likeness (QED) is 0.0335. The molecule has 0 N–H and O–H groups in total. The largest absolute Gasteiger partial charge is 0.463 e. The number of carbonyl (C=O) groups excluding carboxylic acids is 7. The lowest BCUT2D eigenvalue weighted by atomic mass is 9.92. The lowest BCUT2D eigenvalue weighted by Gasteiger charge is -2.53. The van der Waals surface area contributed by atoms with Crippen molar-refractivity contribution in [2.75, 3.05) is 25.6 Å². The molecule has 6 aliphatic heterocycles. The third-order valence-electron chi connectivity index (χ3n) is 16.8. The van der Waals surface area contributed by atoms with Crippen molar-refractivity contribution in [2.24, 2.45) is 0 Å². The lowest BCUT2D eigenvalue weighted by molar-refractivity contribution is -0.379. The summed E-state index contributed by atoms with van der Waals surface area (Å²) in [6.07, 6.45) is -17.5. The second kappa shape index (κ2) is 29.5. The van der Waals surface area contributed by atoms with Crippen LogP contribution in [0.2, 0.25) is 0 Å². The maximum Gasteiger partial charge on any atom is 0.303 e. The topological polar surface area (TPSA) is 246 Å². The number of carbonyl (C=O) groups is 7. The molecule has 4 fully saturated rings. The minimum absolute atomic E-state index is 0.0202. The molecule has 0 spiro atoms. The summed E-state index contributed by atoms with van der Waals surface area (Å²) in [6, 6.07) is 46.6. The number of rotatable bonds is 23. The molecule has 23 heteroatoms. The number of amides is 4. The van der Waals surface area contributed by atoms with Crippen LogP contribution in [0.1, 0.15) is 97.7 Å². The molecule has 4 saturated heterocycles. The predicted molar refractivity (Wildman–Crippen MR) is 329 cm³/mol. The summed E-state index contributed by atoms with van der Waals surface area (Å²) < 4.78 is 87.1. The molecule has 0 radical (unpaired) electrons. The van der Waals surface area contributed by atoms with Gasteiger partial charge in [-0.1, -0.05) is 153 Å². The summed E-state index contributed by atoms with van der Waals surface area (Å²) >= 11 is 1.50. The molecule has 6 heterocycles. The maximum atomic E-state index is 15.4. The van der Waals surface area contributed by atoms with Gasteiger partial charge in [0.05, 0.1) is 55.3 Å². The number of ether oxygens (including phenoxy) is 13. The first-order valence-electron chi connectivity index (χ1n) is 30.8. The van der Waals surface area contributed by atoms with Crippen LogP contribution in [0.3, 0.4) is 0 Å². The summed E-state index contributed by atoms with van der Waals surface area (Å²) in [5.41, 5.74) is 2.57. The number of benzene rings is 6. The van der Waals surface area contributed by atoms with Gasteiger partial charge in [0.15, 0.2) is 31.1 Å². The average molecular weight is 1290 g/mol. The highest BCUT2D eigenvalue weighted by Gasteiger charge is 2.63. The highest BCUT2D eigenvalue weighted by molar-refractivity contribution is 7.99.